The zero-order valence-electron chi connectivity index (χ0n) is 19.7. The van der Waals surface area contributed by atoms with Crippen LogP contribution in [0.15, 0.2) is 109 Å². The summed E-state index contributed by atoms with van der Waals surface area (Å²) in [6.45, 7) is 4.24. The standard InChI is InChI=1S/C31H30O3/c1-3-23-15-19-27(20-16-23)29(25-11-7-5-8-12-25)33-31(32)34-30(26-13-9-6-10-14-26)28-21-17-24(4-2)18-22-28/h5-22,29-30H,3-4H2,1-2H3. The van der Waals surface area contributed by atoms with Gasteiger partial charge in [0.25, 0.3) is 0 Å². The van der Waals surface area contributed by atoms with E-state index in [1.54, 1.807) is 0 Å². The van der Waals surface area contributed by atoms with Crippen LogP contribution >= 0.6 is 0 Å². The minimum atomic E-state index is -0.707. The van der Waals surface area contributed by atoms with Crippen LogP contribution in [-0.2, 0) is 22.3 Å². The van der Waals surface area contributed by atoms with Crippen molar-refractivity contribution in [3.05, 3.63) is 143 Å². The number of carbonyl (C=O) groups is 1. The molecule has 172 valence electrons. The fourth-order valence-electron chi connectivity index (χ4n) is 3.99. The van der Waals surface area contributed by atoms with Crippen LogP contribution < -0.4 is 0 Å². The van der Waals surface area contributed by atoms with Crippen LogP contribution in [0.5, 0.6) is 0 Å². The molecule has 0 radical (unpaired) electrons. The van der Waals surface area contributed by atoms with E-state index in [9.17, 15) is 4.79 Å². The summed E-state index contributed by atoms with van der Waals surface area (Å²) in [5, 5.41) is 0. The predicted octanol–water partition coefficient (Wildman–Crippen LogP) is 7.84. The van der Waals surface area contributed by atoms with Gasteiger partial charge in [0.15, 0.2) is 12.2 Å². The molecule has 0 heterocycles. The highest BCUT2D eigenvalue weighted by atomic mass is 16.7. The van der Waals surface area contributed by atoms with Gasteiger partial charge in [-0.25, -0.2) is 4.79 Å². The molecule has 3 heteroatoms. The second-order valence-electron chi connectivity index (χ2n) is 8.26. The van der Waals surface area contributed by atoms with Crippen molar-refractivity contribution in [3.8, 4) is 0 Å². The Hall–Kier alpha value is -3.85. The fourth-order valence-corrected chi connectivity index (χ4v) is 3.99. The Bertz CT molecular complexity index is 1070. The molecule has 4 aromatic rings. The average Bonchev–Trinajstić information content (AvgIpc) is 2.91. The molecule has 0 aliphatic carbocycles. The summed E-state index contributed by atoms with van der Waals surface area (Å²) in [5.74, 6) is 0. The van der Waals surface area contributed by atoms with Gasteiger partial charge in [-0.1, -0.05) is 123 Å². The van der Waals surface area contributed by atoms with Gasteiger partial charge in [0.2, 0.25) is 0 Å². The highest BCUT2D eigenvalue weighted by Gasteiger charge is 2.24. The topological polar surface area (TPSA) is 35.5 Å². The third-order valence-corrected chi connectivity index (χ3v) is 6.01. The van der Waals surface area contributed by atoms with E-state index in [2.05, 4.69) is 38.1 Å². The highest BCUT2D eigenvalue weighted by Crippen LogP contribution is 2.31. The Labute approximate surface area is 202 Å². The second kappa shape index (κ2) is 11.3. The van der Waals surface area contributed by atoms with Gasteiger partial charge >= 0.3 is 6.16 Å². The van der Waals surface area contributed by atoms with E-state index in [4.69, 9.17) is 9.47 Å². The normalized spacial score (nSPS) is 12.5. The van der Waals surface area contributed by atoms with Crippen molar-refractivity contribution in [1.29, 1.82) is 0 Å². The number of ether oxygens (including phenoxy) is 2. The Morgan fingerprint density at radius 1 is 0.529 bits per heavy atom. The molecule has 0 fully saturated rings. The minimum Gasteiger partial charge on any atom is -0.421 e. The van der Waals surface area contributed by atoms with Crippen LogP contribution in [0.4, 0.5) is 4.79 Å². The first-order valence-electron chi connectivity index (χ1n) is 11.8. The van der Waals surface area contributed by atoms with Crippen LogP contribution in [0.25, 0.3) is 0 Å². The molecule has 34 heavy (non-hydrogen) atoms. The highest BCUT2D eigenvalue weighted by molar-refractivity contribution is 5.62. The molecule has 0 aliphatic heterocycles. The molecule has 4 aromatic carbocycles. The average molecular weight is 451 g/mol. The van der Waals surface area contributed by atoms with E-state index in [1.807, 2.05) is 84.9 Å². The van der Waals surface area contributed by atoms with Gasteiger partial charge in [-0.15, -0.1) is 0 Å². The fraction of sp³-hybridized carbons (Fsp3) is 0.194. The molecule has 0 aliphatic rings. The summed E-state index contributed by atoms with van der Waals surface area (Å²) in [6, 6.07) is 35.9. The third kappa shape index (κ3) is 5.74. The molecule has 2 unspecified atom stereocenters. The number of carbonyl (C=O) groups excluding carboxylic acids is 1. The number of hydrogen-bond acceptors (Lipinski definition) is 3. The van der Waals surface area contributed by atoms with Crippen molar-refractivity contribution < 1.29 is 14.3 Å². The summed E-state index contributed by atoms with van der Waals surface area (Å²) in [7, 11) is 0. The van der Waals surface area contributed by atoms with Gasteiger partial charge in [0.1, 0.15) is 0 Å². The summed E-state index contributed by atoms with van der Waals surface area (Å²) < 4.78 is 11.9. The van der Waals surface area contributed by atoms with Gasteiger partial charge in [0, 0.05) is 0 Å². The van der Waals surface area contributed by atoms with Crippen molar-refractivity contribution in [3.63, 3.8) is 0 Å². The van der Waals surface area contributed by atoms with Crippen molar-refractivity contribution in [2.75, 3.05) is 0 Å². The van der Waals surface area contributed by atoms with Crippen molar-refractivity contribution >= 4 is 6.16 Å². The lowest BCUT2D eigenvalue weighted by atomic mass is 9.99. The van der Waals surface area contributed by atoms with Crippen LogP contribution in [0.3, 0.4) is 0 Å². The Kier molecular flexibility index (Phi) is 7.77. The molecule has 0 N–H and O–H groups in total. The zero-order valence-corrected chi connectivity index (χ0v) is 19.7. The molecule has 0 saturated heterocycles. The lowest BCUT2D eigenvalue weighted by molar-refractivity contribution is 0.0166. The Morgan fingerprint density at radius 2 is 0.853 bits per heavy atom. The van der Waals surface area contributed by atoms with Crippen LogP contribution in [0, 0.1) is 0 Å². The molecule has 2 atom stereocenters. The van der Waals surface area contributed by atoms with Gasteiger partial charge in [0.05, 0.1) is 0 Å². The van der Waals surface area contributed by atoms with Crippen LogP contribution in [0.2, 0.25) is 0 Å². The Balaban J connectivity index is 1.61. The van der Waals surface area contributed by atoms with Gasteiger partial charge in [-0.3, -0.25) is 0 Å². The van der Waals surface area contributed by atoms with E-state index in [0.29, 0.717) is 0 Å². The van der Waals surface area contributed by atoms with Crippen molar-refractivity contribution in [1.82, 2.24) is 0 Å². The number of hydrogen-bond donors (Lipinski definition) is 0. The van der Waals surface area contributed by atoms with Crippen molar-refractivity contribution in [2.45, 2.75) is 38.9 Å². The minimum absolute atomic E-state index is 0.557. The van der Waals surface area contributed by atoms with E-state index in [1.165, 1.54) is 11.1 Å². The summed E-state index contributed by atoms with van der Waals surface area (Å²) in [5.41, 5.74) is 6.07. The zero-order chi connectivity index (χ0) is 23.8. The lowest BCUT2D eigenvalue weighted by Gasteiger charge is -2.23. The third-order valence-electron chi connectivity index (χ3n) is 6.01. The first kappa shape index (κ1) is 23.3. The maximum absolute atomic E-state index is 13.2. The maximum atomic E-state index is 13.2. The second-order valence-corrected chi connectivity index (χ2v) is 8.26. The SMILES string of the molecule is CCc1ccc(C(OC(=O)OC(c2ccccc2)c2ccc(CC)cc2)c2ccccc2)cc1. The maximum Gasteiger partial charge on any atom is 0.510 e. The van der Waals surface area contributed by atoms with E-state index in [-0.39, 0.29) is 0 Å². The molecular weight excluding hydrogens is 420 g/mol. The first-order valence-corrected chi connectivity index (χ1v) is 11.8. The largest absolute Gasteiger partial charge is 0.510 e. The summed E-state index contributed by atoms with van der Waals surface area (Å²) >= 11 is 0. The van der Waals surface area contributed by atoms with Gasteiger partial charge in [-0.05, 0) is 46.2 Å². The Morgan fingerprint density at radius 3 is 1.18 bits per heavy atom. The molecule has 0 saturated carbocycles. The summed E-state index contributed by atoms with van der Waals surface area (Å²) in [4.78, 5) is 13.2. The van der Waals surface area contributed by atoms with E-state index >= 15 is 0 Å². The smallest absolute Gasteiger partial charge is 0.421 e. The van der Waals surface area contributed by atoms with Crippen molar-refractivity contribution in [2.24, 2.45) is 0 Å². The quantitative estimate of drug-likeness (QED) is 0.256. The lowest BCUT2D eigenvalue weighted by Crippen LogP contribution is -2.18. The number of rotatable bonds is 8. The number of aryl methyl sites for hydroxylation is 2. The first-order chi connectivity index (χ1) is 16.7. The molecule has 0 aromatic heterocycles. The molecule has 0 bridgehead atoms. The van der Waals surface area contributed by atoms with Gasteiger partial charge < -0.3 is 9.47 Å². The molecule has 4 rings (SSSR count). The number of benzene rings is 4. The molecule has 0 spiro atoms. The van der Waals surface area contributed by atoms with Gasteiger partial charge in [-0.2, -0.15) is 0 Å². The monoisotopic (exact) mass is 450 g/mol. The van der Waals surface area contributed by atoms with E-state index < -0.39 is 18.4 Å². The molecule has 0 amide bonds. The van der Waals surface area contributed by atoms with Crippen LogP contribution in [0.1, 0.15) is 59.4 Å². The predicted molar refractivity (Wildman–Crippen MR) is 136 cm³/mol. The molecule has 3 nitrogen and oxygen atoms in total. The molecular formula is C31H30O3. The summed E-state index contributed by atoms with van der Waals surface area (Å²) in [6.07, 6.45) is 0.0857. The van der Waals surface area contributed by atoms with E-state index in [0.717, 1.165) is 35.1 Å². The van der Waals surface area contributed by atoms with Crippen LogP contribution in [-0.4, -0.2) is 6.16 Å².